The van der Waals surface area contributed by atoms with Crippen molar-refractivity contribution in [3.05, 3.63) is 24.3 Å². The van der Waals surface area contributed by atoms with Crippen molar-refractivity contribution in [2.24, 2.45) is 0 Å². The van der Waals surface area contributed by atoms with Gasteiger partial charge in [0.15, 0.2) is 0 Å². The second-order valence-corrected chi connectivity index (χ2v) is 5.08. The van der Waals surface area contributed by atoms with Crippen LogP contribution in [0.15, 0.2) is 29.2 Å². The summed E-state index contributed by atoms with van der Waals surface area (Å²) in [5.74, 6) is 0. The van der Waals surface area contributed by atoms with Crippen molar-refractivity contribution in [2.45, 2.75) is 23.8 Å². The van der Waals surface area contributed by atoms with Crippen LogP contribution >= 0.6 is 11.8 Å². The predicted molar refractivity (Wildman–Crippen MR) is 74.2 cm³/mol. The summed E-state index contributed by atoms with van der Waals surface area (Å²) in [7, 11) is 0. The normalized spacial score (nSPS) is 18.6. The lowest BCUT2D eigenvalue weighted by molar-refractivity contribution is 0.112. The minimum Gasteiger partial charge on any atom is -0.376 e. The molecule has 1 atom stereocenters. The minimum absolute atomic E-state index is 0.174. The molecule has 0 saturated carbocycles. The number of carbonyl (C=O) groups excluding carboxylic acids is 1. The van der Waals surface area contributed by atoms with Crippen LogP contribution in [0.25, 0.3) is 0 Å². The molecule has 0 bridgehead atoms. The summed E-state index contributed by atoms with van der Waals surface area (Å²) in [5, 5.41) is 5.65. The molecule has 1 fully saturated rings. The van der Waals surface area contributed by atoms with E-state index in [0.29, 0.717) is 6.54 Å². The molecule has 4 nitrogen and oxygen atoms in total. The third-order valence-electron chi connectivity index (χ3n) is 2.84. The van der Waals surface area contributed by atoms with Crippen molar-refractivity contribution in [1.82, 2.24) is 5.32 Å². The van der Waals surface area contributed by atoms with E-state index in [1.165, 1.54) is 0 Å². The summed E-state index contributed by atoms with van der Waals surface area (Å²) in [6.45, 7) is 1.39. The molecule has 98 valence electrons. The number of amides is 2. The summed E-state index contributed by atoms with van der Waals surface area (Å²) < 4.78 is 5.44. The Bertz CT molecular complexity index is 406. The maximum Gasteiger partial charge on any atom is 0.319 e. The van der Waals surface area contributed by atoms with Crippen LogP contribution in [0.3, 0.4) is 0 Å². The molecule has 2 rings (SSSR count). The Hall–Kier alpha value is -1.20. The fourth-order valence-corrected chi connectivity index (χ4v) is 2.35. The summed E-state index contributed by atoms with van der Waals surface area (Å²) in [6, 6.07) is 7.60. The van der Waals surface area contributed by atoms with Crippen LogP contribution in [0.5, 0.6) is 0 Å². The first-order valence-electron chi connectivity index (χ1n) is 6.08. The number of anilines is 1. The first-order valence-corrected chi connectivity index (χ1v) is 7.31. The lowest BCUT2D eigenvalue weighted by atomic mass is 10.2. The second kappa shape index (κ2) is 6.66. The summed E-state index contributed by atoms with van der Waals surface area (Å²) >= 11 is 1.65. The maximum absolute atomic E-state index is 11.7. The number of nitrogens with one attached hydrogen (secondary N) is 2. The molecule has 1 heterocycles. The van der Waals surface area contributed by atoms with Crippen molar-refractivity contribution in [3.63, 3.8) is 0 Å². The van der Waals surface area contributed by atoms with Gasteiger partial charge in [0.2, 0.25) is 0 Å². The zero-order chi connectivity index (χ0) is 12.8. The smallest absolute Gasteiger partial charge is 0.319 e. The van der Waals surface area contributed by atoms with Gasteiger partial charge in [-0.05, 0) is 37.3 Å². The van der Waals surface area contributed by atoms with E-state index in [0.717, 1.165) is 30.0 Å². The molecule has 18 heavy (non-hydrogen) atoms. The third kappa shape index (κ3) is 3.92. The van der Waals surface area contributed by atoms with Crippen molar-refractivity contribution in [3.8, 4) is 0 Å². The van der Waals surface area contributed by atoms with E-state index in [9.17, 15) is 4.79 Å². The molecule has 1 saturated heterocycles. The molecular formula is C13H18N2O2S. The molecule has 0 aromatic heterocycles. The van der Waals surface area contributed by atoms with Crippen molar-refractivity contribution in [1.29, 1.82) is 0 Å². The Morgan fingerprint density at radius 3 is 3.17 bits per heavy atom. The number of hydrogen-bond donors (Lipinski definition) is 2. The van der Waals surface area contributed by atoms with Gasteiger partial charge in [-0.1, -0.05) is 6.07 Å². The van der Waals surface area contributed by atoms with Crippen molar-refractivity contribution >= 4 is 23.5 Å². The van der Waals surface area contributed by atoms with E-state index in [1.807, 2.05) is 30.5 Å². The molecule has 1 aromatic rings. The van der Waals surface area contributed by atoms with Crippen LogP contribution in [0.4, 0.5) is 10.5 Å². The number of benzene rings is 1. The number of urea groups is 1. The quantitative estimate of drug-likeness (QED) is 0.824. The average molecular weight is 266 g/mol. The van der Waals surface area contributed by atoms with Gasteiger partial charge in [0.25, 0.3) is 0 Å². The van der Waals surface area contributed by atoms with Crippen LogP contribution in [0.1, 0.15) is 12.8 Å². The van der Waals surface area contributed by atoms with Crippen molar-refractivity contribution in [2.75, 3.05) is 24.7 Å². The van der Waals surface area contributed by atoms with Gasteiger partial charge >= 0.3 is 6.03 Å². The average Bonchev–Trinajstić information content (AvgIpc) is 2.90. The molecule has 0 spiro atoms. The van der Waals surface area contributed by atoms with Gasteiger partial charge in [0.05, 0.1) is 6.10 Å². The van der Waals surface area contributed by atoms with Crippen LogP contribution in [0.2, 0.25) is 0 Å². The first kappa shape index (κ1) is 13.2. The van der Waals surface area contributed by atoms with Gasteiger partial charge in [-0.15, -0.1) is 11.8 Å². The number of rotatable bonds is 4. The molecule has 5 heteroatoms. The first-order chi connectivity index (χ1) is 8.78. The van der Waals surface area contributed by atoms with E-state index in [-0.39, 0.29) is 12.1 Å². The zero-order valence-electron chi connectivity index (χ0n) is 10.4. The lowest BCUT2D eigenvalue weighted by Crippen LogP contribution is -2.35. The van der Waals surface area contributed by atoms with E-state index in [4.69, 9.17) is 4.74 Å². The van der Waals surface area contributed by atoms with Crippen LogP contribution in [-0.2, 0) is 4.74 Å². The molecule has 0 aliphatic carbocycles. The fraction of sp³-hybridized carbons (Fsp3) is 0.462. The van der Waals surface area contributed by atoms with Crippen LogP contribution in [0, 0.1) is 0 Å². The van der Waals surface area contributed by atoms with Crippen molar-refractivity contribution < 1.29 is 9.53 Å². The molecule has 2 amide bonds. The Morgan fingerprint density at radius 2 is 2.44 bits per heavy atom. The standard InChI is InChI=1S/C13H18N2O2S/c1-18-12-6-2-4-10(8-12)15-13(16)14-9-11-5-3-7-17-11/h2,4,6,8,11H,3,5,7,9H2,1H3,(H2,14,15,16)/t11-/m1/s1. The lowest BCUT2D eigenvalue weighted by Gasteiger charge is -2.12. The van der Waals surface area contributed by atoms with Gasteiger partial charge in [-0.3, -0.25) is 0 Å². The Morgan fingerprint density at radius 1 is 1.56 bits per heavy atom. The molecular weight excluding hydrogens is 248 g/mol. The number of hydrogen-bond acceptors (Lipinski definition) is 3. The molecule has 1 aromatic carbocycles. The van der Waals surface area contributed by atoms with Gasteiger partial charge in [0.1, 0.15) is 0 Å². The maximum atomic E-state index is 11.7. The molecule has 1 aliphatic rings. The summed E-state index contributed by atoms with van der Waals surface area (Å²) in [4.78, 5) is 12.8. The number of thioether (sulfide) groups is 1. The fourth-order valence-electron chi connectivity index (χ4n) is 1.89. The number of ether oxygens (including phenoxy) is 1. The Kier molecular flexibility index (Phi) is 4.90. The molecule has 0 unspecified atom stereocenters. The Labute approximate surface area is 111 Å². The minimum atomic E-state index is -0.177. The summed E-state index contributed by atoms with van der Waals surface area (Å²) in [6.07, 6.45) is 4.30. The Balaban J connectivity index is 1.78. The van der Waals surface area contributed by atoms with Gasteiger partial charge in [0, 0.05) is 23.7 Å². The highest BCUT2D eigenvalue weighted by atomic mass is 32.2. The highest BCUT2D eigenvalue weighted by molar-refractivity contribution is 7.98. The van der Waals surface area contributed by atoms with Gasteiger partial charge in [-0.25, -0.2) is 4.79 Å². The topological polar surface area (TPSA) is 50.4 Å². The largest absolute Gasteiger partial charge is 0.376 e. The third-order valence-corrected chi connectivity index (χ3v) is 3.57. The second-order valence-electron chi connectivity index (χ2n) is 4.20. The highest BCUT2D eigenvalue weighted by Crippen LogP contribution is 2.18. The molecule has 1 aliphatic heterocycles. The van der Waals surface area contributed by atoms with E-state index < -0.39 is 0 Å². The molecule has 0 radical (unpaired) electrons. The van der Waals surface area contributed by atoms with E-state index >= 15 is 0 Å². The van der Waals surface area contributed by atoms with E-state index in [1.54, 1.807) is 11.8 Å². The monoisotopic (exact) mass is 266 g/mol. The van der Waals surface area contributed by atoms with Crippen LogP contribution < -0.4 is 10.6 Å². The zero-order valence-corrected chi connectivity index (χ0v) is 11.3. The molecule has 2 N–H and O–H groups in total. The van der Waals surface area contributed by atoms with Crippen LogP contribution in [-0.4, -0.2) is 31.5 Å². The van der Waals surface area contributed by atoms with Gasteiger partial charge < -0.3 is 15.4 Å². The SMILES string of the molecule is CSc1cccc(NC(=O)NC[C@H]2CCCO2)c1. The number of carbonyl (C=O) groups is 1. The predicted octanol–water partition coefficient (Wildman–Crippen LogP) is 2.71. The highest BCUT2D eigenvalue weighted by Gasteiger charge is 2.15. The van der Waals surface area contributed by atoms with Gasteiger partial charge in [-0.2, -0.15) is 0 Å². The van der Waals surface area contributed by atoms with E-state index in [2.05, 4.69) is 10.6 Å². The summed E-state index contributed by atoms with van der Waals surface area (Å²) in [5.41, 5.74) is 0.812.